The van der Waals surface area contributed by atoms with Crippen molar-refractivity contribution in [3.63, 3.8) is 0 Å². The van der Waals surface area contributed by atoms with Gasteiger partial charge in [0, 0.05) is 18.8 Å². The fraction of sp³-hybridized carbons (Fsp3) is 0.278. The molecule has 0 spiro atoms. The van der Waals surface area contributed by atoms with Crippen molar-refractivity contribution in [1.82, 2.24) is 4.31 Å². The molecule has 1 N–H and O–H groups in total. The van der Waals surface area contributed by atoms with Crippen molar-refractivity contribution >= 4 is 33.2 Å². The third kappa shape index (κ3) is 4.23. The Kier molecular flexibility index (Phi) is 5.60. The molecule has 0 aliphatic carbocycles. The molecule has 1 heterocycles. The van der Waals surface area contributed by atoms with Gasteiger partial charge in [-0.3, -0.25) is 4.79 Å². The lowest BCUT2D eigenvalue weighted by atomic mass is 10.1. The largest absolute Gasteiger partial charge is 0.326 e. The lowest BCUT2D eigenvalue weighted by molar-refractivity contribution is -0.115. The Morgan fingerprint density at radius 3 is 2.42 bits per heavy atom. The standard InChI is InChI=1S/C18H18ClFN2O3S/c19-16-8-7-15(12-17(16)26(24,25)22-9-1-2-10-22)21-18(23)11-13-3-5-14(20)6-4-13/h3-8,12H,1-2,9-11H2,(H,21,23). The van der Waals surface area contributed by atoms with Crippen molar-refractivity contribution in [1.29, 1.82) is 0 Å². The molecule has 1 amide bonds. The zero-order chi connectivity index (χ0) is 18.7. The SMILES string of the molecule is O=C(Cc1ccc(F)cc1)Nc1ccc(Cl)c(S(=O)(=O)N2CCCC2)c1. The van der Waals surface area contributed by atoms with Crippen molar-refractivity contribution in [3.05, 3.63) is 58.9 Å². The van der Waals surface area contributed by atoms with E-state index >= 15 is 0 Å². The molecule has 0 atom stereocenters. The Labute approximate surface area is 156 Å². The van der Waals surface area contributed by atoms with E-state index in [1.54, 1.807) is 6.07 Å². The molecule has 1 fully saturated rings. The van der Waals surface area contributed by atoms with Crippen LogP contribution < -0.4 is 5.32 Å². The number of nitrogens with one attached hydrogen (secondary N) is 1. The molecule has 5 nitrogen and oxygen atoms in total. The quantitative estimate of drug-likeness (QED) is 0.841. The number of halogens is 2. The number of carbonyl (C=O) groups is 1. The van der Waals surface area contributed by atoms with Crippen LogP contribution in [0.15, 0.2) is 47.4 Å². The number of carbonyl (C=O) groups excluding carboxylic acids is 1. The van der Waals surface area contributed by atoms with Crippen LogP contribution in [0.2, 0.25) is 5.02 Å². The predicted molar refractivity (Wildman–Crippen MR) is 98.2 cm³/mol. The maximum atomic E-state index is 12.9. The molecular formula is C18H18ClFN2O3S. The summed E-state index contributed by atoms with van der Waals surface area (Å²) in [5.41, 5.74) is 1.00. The number of nitrogens with zero attached hydrogens (tertiary/aromatic N) is 1. The van der Waals surface area contributed by atoms with Gasteiger partial charge in [0.05, 0.1) is 11.4 Å². The molecule has 138 valence electrons. The van der Waals surface area contributed by atoms with Crippen molar-refractivity contribution in [2.24, 2.45) is 0 Å². The highest BCUT2D eigenvalue weighted by Crippen LogP contribution is 2.29. The first-order chi connectivity index (χ1) is 12.4. The number of hydrogen-bond acceptors (Lipinski definition) is 3. The van der Waals surface area contributed by atoms with Gasteiger partial charge in [0.1, 0.15) is 10.7 Å². The Morgan fingerprint density at radius 1 is 1.12 bits per heavy atom. The summed E-state index contributed by atoms with van der Waals surface area (Å²) >= 11 is 6.09. The van der Waals surface area contributed by atoms with Crippen LogP contribution in [0, 0.1) is 5.82 Å². The van der Waals surface area contributed by atoms with E-state index in [1.165, 1.54) is 40.7 Å². The van der Waals surface area contributed by atoms with Crippen LogP contribution >= 0.6 is 11.6 Å². The molecular weight excluding hydrogens is 379 g/mol. The Balaban J connectivity index is 1.76. The molecule has 0 bridgehead atoms. The van der Waals surface area contributed by atoms with E-state index in [-0.39, 0.29) is 28.1 Å². The maximum Gasteiger partial charge on any atom is 0.244 e. The van der Waals surface area contributed by atoms with Gasteiger partial charge in [-0.2, -0.15) is 4.31 Å². The summed E-state index contributed by atoms with van der Waals surface area (Å²) in [6.07, 6.45) is 1.70. The van der Waals surface area contributed by atoms with Gasteiger partial charge in [-0.1, -0.05) is 23.7 Å². The minimum Gasteiger partial charge on any atom is -0.326 e. The van der Waals surface area contributed by atoms with E-state index in [1.807, 2.05) is 0 Å². The van der Waals surface area contributed by atoms with Gasteiger partial charge in [-0.15, -0.1) is 0 Å². The van der Waals surface area contributed by atoms with E-state index in [0.717, 1.165) is 12.8 Å². The molecule has 1 saturated heterocycles. The summed E-state index contributed by atoms with van der Waals surface area (Å²) in [5, 5.41) is 2.78. The first-order valence-electron chi connectivity index (χ1n) is 8.20. The third-order valence-electron chi connectivity index (χ3n) is 4.18. The van der Waals surface area contributed by atoms with Crippen molar-refractivity contribution in [2.75, 3.05) is 18.4 Å². The number of hydrogen-bond donors (Lipinski definition) is 1. The third-order valence-corrected chi connectivity index (χ3v) is 6.56. The topological polar surface area (TPSA) is 66.5 Å². The fourth-order valence-corrected chi connectivity index (χ4v) is 4.86. The van der Waals surface area contributed by atoms with Crippen LogP contribution in [0.3, 0.4) is 0 Å². The minimum atomic E-state index is -3.68. The number of anilines is 1. The van der Waals surface area contributed by atoms with Crippen LogP contribution in [0.4, 0.5) is 10.1 Å². The molecule has 0 radical (unpaired) electrons. The van der Waals surface area contributed by atoms with Gasteiger partial charge in [0.25, 0.3) is 0 Å². The first kappa shape index (κ1) is 18.8. The monoisotopic (exact) mass is 396 g/mol. The summed E-state index contributed by atoms with van der Waals surface area (Å²) in [7, 11) is -3.68. The zero-order valence-corrected chi connectivity index (χ0v) is 15.5. The summed E-state index contributed by atoms with van der Waals surface area (Å²) < 4.78 is 39.7. The van der Waals surface area contributed by atoms with Crippen molar-refractivity contribution in [2.45, 2.75) is 24.2 Å². The summed E-state index contributed by atoms with van der Waals surface area (Å²) in [6, 6.07) is 10.0. The van der Waals surface area contributed by atoms with E-state index in [0.29, 0.717) is 24.3 Å². The van der Waals surface area contributed by atoms with Gasteiger partial charge in [-0.25, -0.2) is 12.8 Å². The normalized spacial score (nSPS) is 15.2. The second-order valence-corrected chi connectivity index (χ2v) is 8.42. The summed E-state index contributed by atoms with van der Waals surface area (Å²) in [4.78, 5) is 12.2. The van der Waals surface area contributed by atoms with E-state index in [2.05, 4.69) is 5.32 Å². The maximum absolute atomic E-state index is 12.9. The van der Waals surface area contributed by atoms with E-state index in [9.17, 15) is 17.6 Å². The van der Waals surface area contributed by atoms with Gasteiger partial charge < -0.3 is 5.32 Å². The second kappa shape index (κ2) is 7.73. The minimum absolute atomic E-state index is 0.0133. The van der Waals surface area contributed by atoms with Crippen LogP contribution in [0.1, 0.15) is 18.4 Å². The Morgan fingerprint density at radius 2 is 1.77 bits per heavy atom. The number of sulfonamides is 1. The molecule has 1 aliphatic heterocycles. The number of amides is 1. The molecule has 0 aromatic heterocycles. The average Bonchev–Trinajstić information content (AvgIpc) is 3.14. The summed E-state index contributed by atoms with van der Waals surface area (Å²) in [6.45, 7) is 0.944. The zero-order valence-electron chi connectivity index (χ0n) is 13.9. The van der Waals surface area contributed by atoms with Crippen LogP contribution in [-0.2, 0) is 21.2 Å². The predicted octanol–water partition coefficient (Wildman–Crippen LogP) is 3.44. The molecule has 3 rings (SSSR count). The van der Waals surface area contributed by atoms with Gasteiger partial charge >= 0.3 is 0 Å². The van der Waals surface area contributed by atoms with Gasteiger partial charge in [0.2, 0.25) is 15.9 Å². The lowest BCUT2D eigenvalue weighted by Gasteiger charge is -2.17. The molecule has 2 aromatic rings. The highest BCUT2D eigenvalue weighted by molar-refractivity contribution is 7.89. The molecule has 0 unspecified atom stereocenters. The van der Waals surface area contributed by atoms with Gasteiger partial charge in [-0.05, 0) is 48.7 Å². The van der Waals surface area contributed by atoms with Crippen molar-refractivity contribution < 1.29 is 17.6 Å². The molecule has 2 aromatic carbocycles. The first-order valence-corrected chi connectivity index (χ1v) is 10.0. The molecule has 8 heteroatoms. The fourth-order valence-electron chi connectivity index (χ4n) is 2.84. The molecule has 26 heavy (non-hydrogen) atoms. The molecule has 0 saturated carbocycles. The molecule has 1 aliphatic rings. The lowest BCUT2D eigenvalue weighted by Crippen LogP contribution is -2.28. The van der Waals surface area contributed by atoms with E-state index < -0.39 is 10.0 Å². The average molecular weight is 397 g/mol. The Hall–Kier alpha value is -1.96. The van der Waals surface area contributed by atoms with Crippen molar-refractivity contribution in [3.8, 4) is 0 Å². The Bertz CT molecular complexity index is 911. The van der Waals surface area contributed by atoms with Crippen LogP contribution in [0.5, 0.6) is 0 Å². The number of benzene rings is 2. The smallest absolute Gasteiger partial charge is 0.244 e. The summed E-state index contributed by atoms with van der Waals surface area (Å²) in [5.74, 6) is -0.702. The number of rotatable bonds is 5. The van der Waals surface area contributed by atoms with Crippen LogP contribution in [-0.4, -0.2) is 31.7 Å². The second-order valence-electron chi connectivity index (χ2n) is 6.11. The highest BCUT2D eigenvalue weighted by Gasteiger charge is 2.29. The van der Waals surface area contributed by atoms with E-state index in [4.69, 9.17) is 11.6 Å². The highest BCUT2D eigenvalue weighted by atomic mass is 35.5. The van der Waals surface area contributed by atoms with Gasteiger partial charge in [0.15, 0.2) is 0 Å². The van der Waals surface area contributed by atoms with Crippen LogP contribution in [0.25, 0.3) is 0 Å².